The zero-order chi connectivity index (χ0) is 11.5. The maximum atomic E-state index is 10.3. The Morgan fingerprint density at radius 2 is 2.07 bits per heavy atom. The summed E-state index contributed by atoms with van der Waals surface area (Å²) < 4.78 is 5.14. The minimum absolute atomic E-state index is 0.731. The molecule has 1 N–H and O–H groups in total. The number of hydrogen-bond donors (Lipinski definition) is 1. The second-order valence-corrected chi connectivity index (χ2v) is 4.20. The lowest BCUT2D eigenvalue weighted by Gasteiger charge is -2.25. The molecule has 1 unspecified atom stereocenters. The average molecular weight is 208 g/mol. The van der Waals surface area contributed by atoms with Crippen LogP contribution in [0, 0.1) is 6.92 Å². The zero-order valence-electron chi connectivity index (χ0n) is 10.0. The Balaban J connectivity index is 3.04. The van der Waals surface area contributed by atoms with Crippen molar-refractivity contribution in [2.75, 3.05) is 7.11 Å². The van der Waals surface area contributed by atoms with Gasteiger partial charge < -0.3 is 9.84 Å². The highest BCUT2D eigenvalue weighted by molar-refractivity contribution is 5.37. The highest BCUT2D eigenvalue weighted by atomic mass is 16.5. The third-order valence-electron chi connectivity index (χ3n) is 2.75. The summed E-state index contributed by atoms with van der Waals surface area (Å²) in [5.74, 6) is 0.837. The van der Waals surface area contributed by atoms with E-state index in [0.717, 1.165) is 29.7 Å². The number of benzene rings is 1. The van der Waals surface area contributed by atoms with Gasteiger partial charge in [0.1, 0.15) is 5.75 Å². The van der Waals surface area contributed by atoms with Crippen LogP contribution in [0.5, 0.6) is 5.75 Å². The molecule has 0 saturated heterocycles. The molecule has 15 heavy (non-hydrogen) atoms. The molecule has 1 rings (SSSR count). The van der Waals surface area contributed by atoms with Gasteiger partial charge in [-0.25, -0.2) is 0 Å². The maximum Gasteiger partial charge on any atom is 0.119 e. The summed E-state index contributed by atoms with van der Waals surface area (Å²) in [7, 11) is 1.65. The van der Waals surface area contributed by atoms with E-state index < -0.39 is 5.60 Å². The molecular weight excluding hydrogens is 188 g/mol. The number of ether oxygens (including phenoxy) is 1. The van der Waals surface area contributed by atoms with Crippen LogP contribution in [0.4, 0.5) is 0 Å². The Kier molecular flexibility index (Phi) is 3.75. The van der Waals surface area contributed by atoms with Gasteiger partial charge >= 0.3 is 0 Å². The first-order valence-electron chi connectivity index (χ1n) is 5.38. The number of methoxy groups -OCH3 is 1. The molecule has 0 fully saturated rings. The lowest BCUT2D eigenvalue weighted by atomic mass is 9.88. The van der Waals surface area contributed by atoms with E-state index in [1.54, 1.807) is 7.11 Å². The van der Waals surface area contributed by atoms with Crippen LogP contribution in [0.25, 0.3) is 0 Å². The van der Waals surface area contributed by atoms with Crippen molar-refractivity contribution in [2.24, 2.45) is 0 Å². The average Bonchev–Trinajstić information content (AvgIpc) is 2.17. The van der Waals surface area contributed by atoms with Crippen LogP contribution in [-0.4, -0.2) is 12.2 Å². The van der Waals surface area contributed by atoms with Crippen LogP contribution in [-0.2, 0) is 5.60 Å². The molecule has 0 aliphatic carbocycles. The molecule has 2 heteroatoms. The van der Waals surface area contributed by atoms with Crippen molar-refractivity contribution in [3.63, 3.8) is 0 Å². The van der Waals surface area contributed by atoms with Gasteiger partial charge in [0, 0.05) is 0 Å². The predicted molar refractivity (Wildman–Crippen MR) is 62.2 cm³/mol. The van der Waals surface area contributed by atoms with Gasteiger partial charge in [-0.2, -0.15) is 0 Å². The van der Waals surface area contributed by atoms with Crippen LogP contribution in [0.1, 0.15) is 37.8 Å². The van der Waals surface area contributed by atoms with Crippen molar-refractivity contribution >= 4 is 0 Å². The van der Waals surface area contributed by atoms with Crippen LogP contribution in [0.2, 0.25) is 0 Å². The molecule has 1 aromatic carbocycles. The van der Waals surface area contributed by atoms with Crippen LogP contribution >= 0.6 is 0 Å². The van der Waals surface area contributed by atoms with Crippen molar-refractivity contribution in [2.45, 2.75) is 39.2 Å². The molecule has 0 aliphatic rings. The van der Waals surface area contributed by atoms with E-state index in [9.17, 15) is 5.11 Å². The van der Waals surface area contributed by atoms with Crippen molar-refractivity contribution in [1.82, 2.24) is 0 Å². The van der Waals surface area contributed by atoms with E-state index in [2.05, 4.69) is 6.92 Å². The summed E-state index contributed by atoms with van der Waals surface area (Å²) in [4.78, 5) is 0. The molecule has 0 heterocycles. The van der Waals surface area contributed by atoms with Gasteiger partial charge in [0.15, 0.2) is 0 Å². The molecule has 0 spiro atoms. The summed E-state index contributed by atoms with van der Waals surface area (Å²) in [5, 5.41) is 10.3. The molecule has 0 aliphatic heterocycles. The van der Waals surface area contributed by atoms with Crippen LogP contribution < -0.4 is 4.74 Å². The topological polar surface area (TPSA) is 29.5 Å². The Morgan fingerprint density at radius 1 is 1.40 bits per heavy atom. The second kappa shape index (κ2) is 4.67. The van der Waals surface area contributed by atoms with Crippen molar-refractivity contribution in [3.05, 3.63) is 29.3 Å². The van der Waals surface area contributed by atoms with E-state index >= 15 is 0 Å². The number of aryl methyl sites for hydroxylation is 1. The molecule has 1 atom stereocenters. The zero-order valence-corrected chi connectivity index (χ0v) is 10.0. The fourth-order valence-corrected chi connectivity index (χ4v) is 1.99. The van der Waals surface area contributed by atoms with Gasteiger partial charge in [-0.05, 0) is 43.5 Å². The van der Waals surface area contributed by atoms with Crippen LogP contribution in [0.15, 0.2) is 18.2 Å². The van der Waals surface area contributed by atoms with Gasteiger partial charge in [-0.3, -0.25) is 0 Å². The van der Waals surface area contributed by atoms with Gasteiger partial charge in [-0.15, -0.1) is 0 Å². The summed E-state index contributed by atoms with van der Waals surface area (Å²) in [6.45, 7) is 5.95. The van der Waals surface area contributed by atoms with E-state index in [-0.39, 0.29) is 0 Å². The van der Waals surface area contributed by atoms with E-state index in [0.29, 0.717) is 0 Å². The van der Waals surface area contributed by atoms with Crippen molar-refractivity contribution < 1.29 is 9.84 Å². The van der Waals surface area contributed by atoms with Crippen LogP contribution in [0.3, 0.4) is 0 Å². The summed E-state index contributed by atoms with van der Waals surface area (Å²) in [6.07, 6.45) is 1.75. The SMILES string of the molecule is CCCC(C)(O)c1ccc(OC)cc1C. The number of rotatable bonds is 4. The van der Waals surface area contributed by atoms with Gasteiger partial charge in [-0.1, -0.05) is 19.4 Å². The first-order valence-corrected chi connectivity index (χ1v) is 5.38. The smallest absolute Gasteiger partial charge is 0.119 e. The van der Waals surface area contributed by atoms with E-state index in [4.69, 9.17) is 4.74 Å². The molecule has 0 bridgehead atoms. The lowest BCUT2D eigenvalue weighted by Crippen LogP contribution is -2.21. The Hall–Kier alpha value is -1.02. The minimum Gasteiger partial charge on any atom is -0.497 e. The lowest BCUT2D eigenvalue weighted by molar-refractivity contribution is 0.0463. The minimum atomic E-state index is -0.731. The highest BCUT2D eigenvalue weighted by Gasteiger charge is 2.23. The Bertz CT molecular complexity index is 329. The van der Waals surface area contributed by atoms with Crippen molar-refractivity contribution in [3.8, 4) is 5.75 Å². The van der Waals surface area contributed by atoms with Crippen molar-refractivity contribution in [1.29, 1.82) is 0 Å². The summed E-state index contributed by atoms with van der Waals surface area (Å²) in [5.41, 5.74) is 1.34. The molecule has 0 saturated carbocycles. The first-order chi connectivity index (χ1) is 7.01. The second-order valence-electron chi connectivity index (χ2n) is 4.20. The molecule has 0 amide bonds. The fourth-order valence-electron chi connectivity index (χ4n) is 1.99. The molecule has 84 valence electrons. The largest absolute Gasteiger partial charge is 0.497 e. The fraction of sp³-hybridized carbons (Fsp3) is 0.538. The maximum absolute atomic E-state index is 10.3. The summed E-state index contributed by atoms with van der Waals surface area (Å²) in [6, 6.07) is 5.80. The normalized spacial score (nSPS) is 14.7. The number of aliphatic hydroxyl groups is 1. The highest BCUT2D eigenvalue weighted by Crippen LogP contribution is 2.30. The van der Waals surface area contributed by atoms with Gasteiger partial charge in [0.2, 0.25) is 0 Å². The van der Waals surface area contributed by atoms with Gasteiger partial charge in [0.05, 0.1) is 12.7 Å². The van der Waals surface area contributed by atoms with E-state index in [1.165, 1.54) is 0 Å². The molecular formula is C13H20O2. The van der Waals surface area contributed by atoms with Gasteiger partial charge in [0.25, 0.3) is 0 Å². The number of hydrogen-bond acceptors (Lipinski definition) is 2. The molecule has 1 aromatic rings. The standard InChI is InChI=1S/C13H20O2/c1-5-8-13(3,14)12-7-6-11(15-4)9-10(12)2/h6-7,9,14H,5,8H2,1-4H3. The Morgan fingerprint density at radius 3 is 2.53 bits per heavy atom. The predicted octanol–water partition coefficient (Wildman–Crippen LogP) is 3.01. The molecule has 2 nitrogen and oxygen atoms in total. The molecule has 0 radical (unpaired) electrons. The summed E-state index contributed by atoms with van der Waals surface area (Å²) >= 11 is 0. The quantitative estimate of drug-likeness (QED) is 0.824. The third kappa shape index (κ3) is 2.72. The first kappa shape index (κ1) is 12.1. The third-order valence-corrected chi connectivity index (χ3v) is 2.75. The Labute approximate surface area is 91.9 Å². The van der Waals surface area contributed by atoms with E-state index in [1.807, 2.05) is 32.0 Å². The monoisotopic (exact) mass is 208 g/mol. The molecule has 0 aromatic heterocycles.